The molecule has 0 aliphatic carbocycles. The molecule has 0 unspecified atom stereocenters. The number of piperidine rings is 1. The van der Waals surface area contributed by atoms with Crippen LogP contribution in [-0.2, 0) is 12.6 Å². The van der Waals surface area contributed by atoms with Gasteiger partial charge in [-0.1, -0.05) is 0 Å². The minimum absolute atomic E-state index is 0.0489. The van der Waals surface area contributed by atoms with E-state index in [0.717, 1.165) is 23.8 Å². The molecule has 0 radical (unpaired) electrons. The molecule has 2 aromatic heterocycles. The molecule has 3 aromatic rings. The minimum atomic E-state index is -4.61. The molecule has 1 aliphatic heterocycles. The Labute approximate surface area is 224 Å². The summed E-state index contributed by atoms with van der Waals surface area (Å²) >= 11 is 1.02. The molecule has 3 heterocycles. The first-order valence-corrected chi connectivity index (χ1v) is 12.8. The summed E-state index contributed by atoms with van der Waals surface area (Å²) in [6.07, 6.45) is -3.99. The number of ether oxygens (including phenoxy) is 1. The summed E-state index contributed by atoms with van der Waals surface area (Å²) in [5.41, 5.74) is 0.0525. The molecule has 210 valence electrons. The van der Waals surface area contributed by atoms with Gasteiger partial charge >= 0.3 is 6.18 Å². The number of halogens is 6. The Balaban J connectivity index is 1.38. The van der Waals surface area contributed by atoms with Crippen LogP contribution in [-0.4, -0.2) is 57.8 Å². The van der Waals surface area contributed by atoms with E-state index in [4.69, 9.17) is 4.74 Å². The van der Waals surface area contributed by atoms with Crippen LogP contribution in [0.3, 0.4) is 0 Å². The fraction of sp³-hybridized carbons (Fsp3) is 0.440. The lowest BCUT2D eigenvalue weighted by Gasteiger charge is -2.31. The van der Waals surface area contributed by atoms with E-state index in [2.05, 4.69) is 19.7 Å². The fourth-order valence-electron chi connectivity index (χ4n) is 4.21. The lowest BCUT2D eigenvalue weighted by molar-refractivity contribution is -0.141. The van der Waals surface area contributed by atoms with Crippen molar-refractivity contribution in [3.05, 3.63) is 63.9 Å². The molecule has 1 saturated heterocycles. The van der Waals surface area contributed by atoms with E-state index in [0.29, 0.717) is 42.7 Å². The van der Waals surface area contributed by atoms with Crippen LogP contribution in [0.15, 0.2) is 30.6 Å². The van der Waals surface area contributed by atoms with Gasteiger partial charge in [0.2, 0.25) is 0 Å². The van der Waals surface area contributed by atoms with Crippen molar-refractivity contribution in [2.75, 3.05) is 31.6 Å². The van der Waals surface area contributed by atoms with Gasteiger partial charge in [0.25, 0.3) is 12.3 Å². The Morgan fingerprint density at radius 2 is 1.95 bits per heavy atom. The predicted octanol–water partition coefficient (Wildman–Crippen LogP) is 5.60. The summed E-state index contributed by atoms with van der Waals surface area (Å²) in [6.45, 7) is 2.61. The Hall–Kier alpha value is -3.26. The van der Waals surface area contributed by atoms with Crippen LogP contribution < -0.4 is 10.1 Å². The molecule has 1 fully saturated rings. The number of likely N-dealkylation sites (tertiary alicyclic amines) is 1. The lowest BCUT2D eigenvalue weighted by atomic mass is 9.98. The highest BCUT2D eigenvalue weighted by Crippen LogP contribution is 2.29. The first-order chi connectivity index (χ1) is 18.5. The predicted molar refractivity (Wildman–Crippen MR) is 132 cm³/mol. The Morgan fingerprint density at radius 3 is 2.59 bits per heavy atom. The van der Waals surface area contributed by atoms with E-state index in [-0.39, 0.29) is 48.2 Å². The third-order valence-corrected chi connectivity index (χ3v) is 7.20. The van der Waals surface area contributed by atoms with E-state index >= 15 is 0 Å². The molecular formula is C25H25F6N5O2S. The number of carbonyl (C=O) groups excluding carboxylic acids is 1. The van der Waals surface area contributed by atoms with Crippen LogP contribution in [0.25, 0.3) is 0 Å². The molecule has 1 aromatic carbocycles. The van der Waals surface area contributed by atoms with Crippen molar-refractivity contribution in [3.63, 3.8) is 0 Å². The number of aromatic nitrogens is 3. The van der Waals surface area contributed by atoms with Gasteiger partial charge in [-0.25, -0.2) is 18.2 Å². The maximum atomic E-state index is 14.4. The van der Waals surface area contributed by atoms with Crippen LogP contribution >= 0.6 is 11.5 Å². The molecule has 0 bridgehead atoms. The molecule has 4 rings (SSSR count). The van der Waals surface area contributed by atoms with Gasteiger partial charge in [-0.2, -0.15) is 17.5 Å². The number of hydrogen-bond acceptors (Lipinski definition) is 7. The zero-order valence-electron chi connectivity index (χ0n) is 20.8. The van der Waals surface area contributed by atoms with E-state index in [9.17, 15) is 31.1 Å². The molecule has 14 heteroatoms. The number of carbonyl (C=O) groups is 1. The zero-order chi connectivity index (χ0) is 28.2. The summed E-state index contributed by atoms with van der Waals surface area (Å²) < 4.78 is 87.6. The first kappa shape index (κ1) is 28.7. The van der Waals surface area contributed by atoms with Crippen LogP contribution in [0.4, 0.5) is 32.0 Å². The van der Waals surface area contributed by atoms with Gasteiger partial charge in [-0.3, -0.25) is 14.7 Å². The number of nitrogens with one attached hydrogen (secondary N) is 1. The van der Waals surface area contributed by atoms with Gasteiger partial charge in [0.05, 0.1) is 36.3 Å². The highest BCUT2D eigenvalue weighted by molar-refractivity contribution is 7.06. The van der Waals surface area contributed by atoms with Crippen LogP contribution in [0.1, 0.15) is 45.2 Å². The third kappa shape index (κ3) is 7.66. The molecule has 1 N–H and O–H groups in total. The number of amides is 1. The van der Waals surface area contributed by atoms with Crippen LogP contribution in [0.5, 0.6) is 5.75 Å². The Kier molecular flexibility index (Phi) is 9.05. The Bertz CT molecular complexity index is 1280. The quantitative estimate of drug-likeness (QED) is 0.336. The highest BCUT2D eigenvalue weighted by Gasteiger charge is 2.33. The molecule has 0 saturated carbocycles. The summed E-state index contributed by atoms with van der Waals surface area (Å²) in [6, 6.07) is 3.89. The third-order valence-electron chi connectivity index (χ3n) is 6.26. The maximum Gasteiger partial charge on any atom is 0.434 e. The second-order valence-electron chi connectivity index (χ2n) is 9.18. The second-order valence-corrected chi connectivity index (χ2v) is 10.0. The SMILES string of the molecule is Cc1nsc(Cc2cnc(C(F)(F)F)cn2)c1C(=O)Nc1ccc(F)c(OCC2CCN(CC(F)F)CC2)c1. The number of aryl methyl sites for hydroxylation is 1. The number of nitrogens with zero attached hydrogens (tertiary/aromatic N) is 4. The summed E-state index contributed by atoms with van der Waals surface area (Å²) in [5, 5.41) is 2.69. The normalized spacial score (nSPS) is 15.1. The monoisotopic (exact) mass is 573 g/mol. The van der Waals surface area contributed by atoms with Crippen molar-refractivity contribution >= 4 is 23.1 Å². The van der Waals surface area contributed by atoms with Gasteiger partial charge < -0.3 is 10.1 Å². The van der Waals surface area contributed by atoms with Gasteiger partial charge in [-0.15, -0.1) is 0 Å². The summed E-state index contributed by atoms with van der Waals surface area (Å²) in [4.78, 5) is 22.4. The molecular weight excluding hydrogens is 548 g/mol. The fourth-order valence-corrected chi connectivity index (χ4v) is 5.09. The van der Waals surface area contributed by atoms with Crippen molar-refractivity contribution < 1.29 is 35.9 Å². The number of alkyl halides is 5. The smallest absolute Gasteiger partial charge is 0.434 e. The molecule has 0 atom stereocenters. The second kappa shape index (κ2) is 12.3. The van der Waals surface area contributed by atoms with Crippen LogP contribution in [0, 0.1) is 18.7 Å². The minimum Gasteiger partial charge on any atom is -0.490 e. The van der Waals surface area contributed by atoms with Gasteiger partial charge in [0.15, 0.2) is 17.3 Å². The van der Waals surface area contributed by atoms with E-state index < -0.39 is 30.0 Å². The van der Waals surface area contributed by atoms with Gasteiger partial charge in [0.1, 0.15) is 0 Å². The standard InChI is InChI=1S/C25H25F6N5O2S/c1-14-23(20(39-35-14)9-17-10-33-21(11-32-17)25(29,30)31)24(37)34-16-2-3-18(26)19(8-16)38-13-15-4-6-36(7-5-15)12-22(27)28/h2-3,8,10-11,15,22H,4-7,9,12-13H2,1H3,(H,34,37). The van der Waals surface area contributed by atoms with Crippen molar-refractivity contribution in [2.45, 2.75) is 38.8 Å². The lowest BCUT2D eigenvalue weighted by Crippen LogP contribution is -2.38. The number of benzene rings is 1. The van der Waals surface area contributed by atoms with Crippen molar-refractivity contribution in [3.8, 4) is 5.75 Å². The number of hydrogen-bond donors (Lipinski definition) is 1. The molecule has 39 heavy (non-hydrogen) atoms. The first-order valence-electron chi connectivity index (χ1n) is 12.1. The van der Waals surface area contributed by atoms with Crippen molar-refractivity contribution in [1.29, 1.82) is 0 Å². The zero-order valence-corrected chi connectivity index (χ0v) is 21.6. The van der Waals surface area contributed by atoms with E-state index in [1.807, 2.05) is 0 Å². The molecule has 1 aliphatic rings. The largest absolute Gasteiger partial charge is 0.490 e. The summed E-state index contributed by atoms with van der Waals surface area (Å²) in [7, 11) is 0. The number of rotatable bonds is 9. The Morgan fingerprint density at radius 1 is 1.21 bits per heavy atom. The summed E-state index contributed by atoms with van der Waals surface area (Å²) in [5.74, 6) is -1.10. The van der Waals surface area contributed by atoms with Crippen LogP contribution in [0.2, 0.25) is 0 Å². The van der Waals surface area contributed by atoms with Gasteiger partial charge in [0, 0.05) is 29.2 Å². The molecule has 0 spiro atoms. The van der Waals surface area contributed by atoms with E-state index in [1.165, 1.54) is 12.1 Å². The van der Waals surface area contributed by atoms with Gasteiger partial charge in [-0.05, 0) is 62.4 Å². The van der Waals surface area contributed by atoms with Crippen molar-refractivity contribution in [2.24, 2.45) is 5.92 Å². The highest BCUT2D eigenvalue weighted by atomic mass is 32.1. The topological polar surface area (TPSA) is 80.2 Å². The van der Waals surface area contributed by atoms with E-state index in [1.54, 1.807) is 11.8 Å². The molecule has 1 amide bonds. The maximum absolute atomic E-state index is 14.4. The molecule has 7 nitrogen and oxygen atoms in total. The average Bonchev–Trinajstić information content (AvgIpc) is 3.24. The van der Waals surface area contributed by atoms with Crippen molar-refractivity contribution in [1.82, 2.24) is 19.2 Å². The average molecular weight is 574 g/mol. The number of anilines is 1.